The Morgan fingerprint density at radius 2 is 1.86 bits per heavy atom. The topological polar surface area (TPSA) is 47.6 Å². The van der Waals surface area contributed by atoms with E-state index in [-0.39, 0.29) is 24.4 Å². The lowest BCUT2D eigenvalue weighted by molar-refractivity contribution is -0.121. The van der Waals surface area contributed by atoms with Gasteiger partial charge in [-0.2, -0.15) is 0 Å². The number of halogens is 1. The third kappa shape index (κ3) is 7.43. The summed E-state index contributed by atoms with van der Waals surface area (Å²) in [5.41, 5.74) is 0.641. The monoisotopic (exact) mass is 405 g/mol. The molecule has 2 aromatic carbocycles. The Hall–Kier alpha value is -2.21. The summed E-state index contributed by atoms with van der Waals surface area (Å²) in [6.45, 7) is 6.17. The van der Waals surface area contributed by atoms with E-state index in [9.17, 15) is 9.18 Å². The molecule has 0 aliphatic rings. The Morgan fingerprint density at radius 1 is 1.14 bits per heavy atom. The van der Waals surface area contributed by atoms with E-state index in [4.69, 9.17) is 9.47 Å². The van der Waals surface area contributed by atoms with Gasteiger partial charge in [-0.25, -0.2) is 4.39 Å². The number of ether oxygens (including phenoxy) is 2. The molecule has 0 heterocycles. The summed E-state index contributed by atoms with van der Waals surface area (Å²) in [4.78, 5) is 13.3. The van der Waals surface area contributed by atoms with E-state index in [0.29, 0.717) is 23.0 Å². The highest BCUT2D eigenvalue weighted by atomic mass is 32.2. The number of carbonyl (C=O) groups excluding carboxylic acids is 1. The van der Waals surface area contributed by atoms with E-state index in [1.165, 1.54) is 12.1 Å². The van der Waals surface area contributed by atoms with Crippen molar-refractivity contribution in [1.82, 2.24) is 5.32 Å². The van der Waals surface area contributed by atoms with Gasteiger partial charge in [0.1, 0.15) is 17.3 Å². The number of rotatable bonds is 10. The highest BCUT2D eigenvalue weighted by Gasteiger charge is 2.11. The zero-order valence-electron chi connectivity index (χ0n) is 16.8. The van der Waals surface area contributed by atoms with Gasteiger partial charge in [-0.3, -0.25) is 4.79 Å². The molecule has 1 amide bonds. The van der Waals surface area contributed by atoms with Crippen LogP contribution in [0.15, 0.2) is 47.4 Å². The lowest BCUT2D eigenvalue weighted by Gasteiger charge is -2.15. The molecule has 0 radical (unpaired) electrons. The van der Waals surface area contributed by atoms with Crippen LogP contribution >= 0.6 is 11.8 Å². The van der Waals surface area contributed by atoms with E-state index >= 15 is 0 Å². The molecule has 0 fully saturated rings. The molecule has 0 spiro atoms. The number of nitrogens with one attached hydrogen (secondary N) is 1. The van der Waals surface area contributed by atoms with Gasteiger partial charge in [-0.1, -0.05) is 6.92 Å². The van der Waals surface area contributed by atoms with Crippen molar-refractivity contribution >= 4 is 17.7 Å². The summed E-state index contributed by atoms with van der Waals surface area (Å²) in [5.74, 6) is 1.03. The van der Waals surface area contributed by atoms with Crippen LogP contribution in [-0.4, -0.2) is 24.4 Å². The van der Waals surface area contributed by atoms with Crippen LogP contribution in [0.1, 0.15) is 39.2 Å². The van der Waals surface area contributed by atoms with E-state index in [1.807, 2.05) is 38.1 Å². The summed E-state index contributed by atoms with van der Waals surface area (Å²) in [7, 11) is 1.64. The third-order valence-corrected chi connectivity index (χ3v) is 5.22. The predicted octanol–water partition coefficient (Wildman–Crippen LogP) is 5.20. The summed E-state index contributed by atoms with van der Waals surface area (Å²) < 4.78 is 24.4. The van der Waals surface area contributed by atoms with Gasteiger partial charge in [-0.05, 0) is 62.7 Å². The molecule has 0 saturated heterocycles. The molecule has 0 aromatic heterocycles. The standard InChI is InChI=1S/C22H28FNO3S/c1-15(2)27-21-11-6-18(23)13-17(21)14-24-22(25)12-5-16(3)28-20-9-7-19(26-4)8-10-20/h6-11,13,15-16H,5,12,14H2,1-4H3,(H,24,25). The molecule has 1 atom stereocenters. The number of carbonyl (C=O) groups is 1. The van der Waals surface area contributed by atoms with Crippen molar-refractivity contribution in [3.63, 3.8) is 0 Å². The van der Waals surface area contributed by atoms with Gasteiger partial charge in [-0.15, -0.1) is 11.8 Å². The van der Waals surface area contributed by atoms with Gasteiger partial charge in [0.25, 0.3) is 0 Å². The molecule has 0 bridgehead atoms. The van der Waals surface area contributed by atoms with Crippen molar-refractivity contribution in [3.05, 3.63) is 53.8 Å². The average Bonchev–Trinajstić information content (AvgIpc) is 2.66. The Labute approximate surface area is 170 Å². The third-order valence-electron chi connectivity index (χ3n) is 4.04. The summed E-state index contributed by atoms with van der Waals surface area (Å²) >= 11 is 1.73. The van der Waals surface area contributed by atoms with Crippen LogP contribution in [0.25, 0.3) is 0 Å². The minimum Gasteiger partial charge on any atom is -0.497 e. The van der Waals surface area contributed by atoms with Gasteiger partial charge in [0.15, 0.2) is 0 Å². The van der Waals surface area contributed by atoms with Gasteiger partial charge in [0, 0.05) is 28.7 Å². The van der Waals surface area contributed by atoms with Gasteiger partial charge in [0.2, 0.25) is 5.91 Å². The summed E-state index contributed by atoms with van der Waals surface area (Å²) in [6, 6.07) is 12.3. The Bertz CT molecular complexity index is 765. The normalized spacial score (nSPS) is 11.9. The molecular formula is C22H28FNO3S. The van der Waals surface area contributed by atoms with E-state index in [0.717, 1.165) is 17.1 Å². The highest BCUT2D eigenvalue weighted by Crippen LogP contribution is 2.27. The van der Waals surface area contributed by atoms with Crippen molar-refractivity contribution in [2.75, 3.05) is 7.11 Å². The second-order valence-electron chi connectivity index (χ2n) is 6.84. The maximum atomic E-state index is 13.5. The van der Waals surface area contributed by atoms with Crippen LogP contribution in [-0.2, 0) is 11.3 Å². The second-order valence-corrected chi connectivity index (χ2v) is 8.35. The van der Waals surface area contributed by atoms with E-state index in [1.54, 1.807) is 24.9 Å². The van der Waals surface area contributed by atoms with Crippen molar-refractivity contribution in [1.29, 1.82) is 0 Å². The quantitative estimate of drug-likeness (QED) is 0.552. The van der Waals surface area contributed by atoms with E-state index in [2.05, 4.69) is 12.2 Å². The number of benzene rings is 2. The van der Waals surface area contributed by atoms with Crippen molar-refractivity contribution < 1.29 is 18.7 Å². The number of hydrogen-bond donors (Lipinski definition) is 1. The fourth-order valence-corrected chi connectivity index (χ4v) is 3.61. The van der Waals surface area contributed by atoms with Crippen LogP contribution in [0, 0.1) is 5.82 Å². The SMILES string of the molecule is COc1ccc(SC(C)CCC(=O)NCc2cc(F)ccc2OC(C)C)cc1. The van der Waals surface area contributed by atoms with E-state index < -0.39 is 0 Å². The molecule has 2 aromatic rings. The Balaban J connectivity index is 1.80. The smallest absolute Gasteiger partial charge is 0.220 e. The number of methoxy groups -OCH3 is 1. The molecule has 28 heavy (non-hydrogen) atoms. The first-order valence-corrected chi connectivity index (χ1v) is 10.3. The summed E-state index contributed by atoms with van der Waals surface area (Å²) in [6.07, 6.45) is 1.15. The first-order chi connectivity index (χ1) is 13.4. The fourth-order valence-electron chi connectivity index (χ4n) is 2.62. The van der Waals surface area contributed by atoms with Crippen LogP contribution in [0.3, 0.4) is 0 Å². The predicted molar refractivity (Wildman–Crippen MR) is 112 cm³/mol. The molecule has 6 heteroatoms. The van der Waals surface area contributed by atoms with Crippen LogP contribution in [0.5, 0.6) is 11.5 Å². The Morgan fingerprint density at radius 3 is 2.50 bits per heavy atom. The number of thioether (sulfide) groups is 1. The highest BCUT2D eigenvalue weighted by molar-refractivity contribution is 7.99. The lowest BCUT2D eigenvalue weighted by atomic mass is 10.1. The molecule has 1 unspecified atom stereocenters. The van der Waals surface area contributed by atoms with Crippen LogP contribution < -0.4 is 14.8 Å². The largest absolute Gasteiger partial charge is 0.497 e. The molecule has 4 nitrogen and oxygen atoms in total. The number of hydrogen-bond acceptors (Lipinski definition) is 4. The fraction of sp³-hybridized carbons (Fsp3) is 0.409. The zero-order chi connectivity index (χ0) is 20.5. The Kier molecular flexibility index (Phi) is 8.64. The van der Waals surface area contributed by atoms with Gasteiger partial charge < -0.3 is 14.8 Å². The first-order valence-electron chi connectivity index (χ1n) is 9.40. The molecule has 2 rings (SSSR count). The van der Waals surface area contributed by atoms with Crippen molar-refractivity contribution in [3.8, 4) is 11.5 Å². The minimum atomic E-state index is -0.343. The average molecular weight is 406 g/mol. The lowest BCUT2D eigenvalue weighted by Crippen LogP contribution is -2.24. The second kappa shape index (κ2) is 11.0. The van der Waals surface area contributed by atoms with Crippen LogP contribution in [0.2, 0.25) is 0 Å². The molecule has 0 aliphatic carbocycles. The molecule has 152 valence electrons. The first kappa shape index (κ1) is 22.1. The molecular weight excluding hydrogens is 377 g/mol. The van der Waals surface area contributed by atoms with Gasteiger partial charge >= 0.3 is 0 Å². The molecule has 0 saturated carbocycles. The van der Waals surface area contributed by atoms with Crippen molar-refractivity contribution in [2.24, 2.45) is 0 Å². The minimum absolute atomic E-state index is 0.0178. The number of amides is 1. The van der Waals surface area contributed by atoms with Crippen molar-refractivity contribution in [2.45, 2.75) is 56.4 Å². The maximum absolute atomic E-state index is 13.5. The molecule has 1 N–H and O–H groups in total. The zero-order valence-corrected chi connectivity index (χ0v) is 17.6. The van der Waals surface area contributed by atoms with Gasteiger partial charge in [0.05, 0.1) is 13.2 Å². The molecule has 0 aliphatic heterocycles. The maximum Gasteiger partial charge on any atom is 0.220 e. The summed E-state index contributed by atoms with van der Waals surface area (Å²) in [5, 5.41) is 3.16. The van der Waals surface area contributed by atoms with Crippen LogP contribution in [0.4, 0.5) is 4.39 Å².